The van der Waals surface area contributed by atoms with Crippen LogP contribution in [0.15, 0.2) is 54.6 Å². The summed E-state index contributed by atoms with van der Waals surface area (Å²) in [7, 11) is 0. The molecule has 0 fully saturated rings. The predicted octanol–water partition coefficient (Wildman–Crippen LogP) is 3.47. The van der Waals surface area contributed by atoms with E-state index >= 15 is 0 Å². The van der Waals surface area contributed by atoms with Gasteiger partial charge in [0.1, 0.15) is 0 Å². The molecule has 0 aliphatic carbocycles. The molecule has 3 amide bonds. The highest BCUT2D eigenvalue weighted by atomic mass is 16.2. The summed E-state index contributed by atoms with van der Waals surface area (Å²) < 4.78 is 0. The molecule has 2 aromatic carbocycles. The first-order chi connectivity index (χ1) is 14.0. The van der Waals surface area contributed by atoms with Crippen molar-refractivity contribution in [3.63, 3.8) is 0 Å². The summed E-state index contributed by atoms with van der Waals surface area (Å²) in [5.74, 6) is -0.496. The number of anilines is 1. The van der Waals surface area contributed by atoms with Gasteiger partial charge in [-0.25, -0.2) is 0 Å². The molecule has 154 valence electrons. The van der Waals surface area contributed by atoms with Gasteiger partial charge in [-0.05, 0) is 42.7 Å². The SMILES string of the molecule is CCCC(=O)Nc1ccc(C(=O)NCCNC(=O)[C@H](CC)c2ccccc2)cc1. The Labute approximate surface area is 172 Å². The normalized spacial score (nSPS) is 11.4. The topological polar surface area (TPSA) is 87.3 Å². The maximum absolute atomic E-state index is 12.4. The molecule has 0 unspecified atom stereocenters. The summed E-state index contributed by atoms with van der Waals surface area (Å²) in [6.45, 7) is 4.62. The minimum absolute atomic E-state index is 0.0404. The van der Waals surface area contributed by atoms with Crippen molar-refractivity contribution in [1.29, 1.82) is 0 Å². The Balaban J connectivity index is 1.76. The molecular formula is C23H29N3O3. The van der Waals surface area contributed by atoms with E-state index in [4.69, 9.17) is 0 Å². The lowest BCUT2D eigenvalue weighted by Crippen LogP contribution is -2.36. The minimum Gasteiger partial charge on any atom is -0.354 e. The van der Waals surface area contributed by atoms with Crippen molar-refractivity contribution in [3.05, 3.63) is 65.7 Å². The number of amides is 3. The molecular weight excluding hydrogens is 366 g/mol. The average Bonchev–Trinajstić information content (AvgIpc) is 2.73. The standard InChI is InChI=1S/C23H29N3O3/c1-3-8-21(27)26-19-13-11-18(12-14-19)22(28)24-15-16-25-23(29)20(4-2)17-9-6-5-7-10-17/h5-7,9-14,20H,3-4,8,15-16H2,1-2H3,(H,24,28)(H,25,29)(H,26,27)/t20-/m1/s1. The molecule has 0 bridgehead atoms. The Morgan fingerprint density at radius 3 is 2.14 bits per heavy atom. The molecule has 2 rings (SSSR count). The van der Waals surface area contributed by atoms with Crippen LogP contribution in [0.4, 0.5) is 5.69 Å². The zero-order valence-corrected chi connectivity index (χ0v) is 17.0. The lowest BCUT2D eigenvalue weighted by Gasteiger charge is -2.15. The maximum atomic E-state index is 12.4. The maximum Gasteiger partial charge on any atom is 0.251 e. The fraction of sp³-hybridized carbons (Fsp3) is 0.348. The van der Waals surface area contributed by atoms with E-state index < -0.39 is 0 Å². The highest BCUT2D eigenvalue weighted by Crippen LogP contribution is 2.19. The fourth-order valence-electron chi connectivity index (χ4n) is 3.00. The Bertz CT molecular complexity index is 804. The quantitative estimate of drug-likeness (QED) is 0.538. The van der Waals surface area contributed by atoms with Crippen molar-refractivity contribution in [1.82, 2.24) is 10.6 Å². The second kappa shape index (κ2) is 11.6. The molecule has 29 heavy (non-hydrogen) atoms. The van der Waals surface area contributed by atoms with Crippen molar-refractivity contribution in [2.24, 2.45) is 0 Å². The first kappa shape index (κ1) is 22.1. The molecule has 0 heterocycles. The molecule has 2 aromatic rings. The summed E-state index contributed by atoms with van der Waals surface area (Å²) in [4.78, 5) is 36.2. The van der Waals surface area contributed by atoms with Gasteiger partial charge in [-0.15, -0.1) is 0 Å². The number of nitrogens with one attached hydrogen (secondary N) is 3. The molecule has 0 saturated heterocycles. The van der Waals surface area contributed by atoms with Crippen molar-refractivity contribution >= 4 is 23.4 Å². The van der Waals surface area contributed by atoms with E-state index in [-0.39, 0.29) is 23.6 Å². The van der Waals surface area contributed by atoms with Gasteiger partial charge in [-0.1, -0.05) is 44.2 Å². The highest BCUT2D eigenvalue weighted by Gasteiger charge is 2.17. The molecule has 1 atom stereocenters. The summed E-state index contributed by atoms with van der Waals surface area (Å²) in [5, 5.41) is 8.46. The van der Waals surface area contributed by atoms with E-state index in [1.54, 1.807) is 24.3 Å². The van der Waals surface area contributed by atoms with Gasteiger partial charge in [0.2, 0.25) is 11.8 Å². The zero-order chi connectivity index (χ0) is 21.1. The van der Waals surface area contributed by atoms with Crippen LogP contribution in [-0.4, -0.2) is 30.8 Å². The number of rotatable bonds is 10. The van der Waals surface area contributed by atoms with Crippen molar-refractivity contribution in [2.75, 3.05) is 18.4 Å². The Kier molecular flexibility index (Phi) is 8.89. The van der Waals surface area contributed by atoms with Crippen LogP contribution in [0.5, 0.6) is 0 Å². The van der Waals surface area contributed by atoms with E-state index in [1.807, 2.05) is 44.2 Å². The molecule has 0 spiro atoms. The number of benzene rings is 2. The molecule has 6 heteroatoms. The molecule has 0 saturated carbocycles. The van der Waals surface area contributed by atoms with Gasteiger partial charge in [-0.3, -0.25) is 14.4 Å². The first-order valence-corrected chi connectivity index (χ1v) is 10.1. The van der Waals surface area contributed by atoms with E-state index in [0.29, 0.717) is 37.2 Å². The largest absolute Gasteiger partial charge is 0.354 e. The van der Waals surface area contributed by atoms with E-state index in [0.717, 1.165) is 12.0 Å². The van der Waals surface area contributed by atoms with Crippen LogP contribution in [0, 0.1) is 0 Å². The summed E-state index contributed by atoms with van der Waals surface area (Å²) >= 11 is 0. The Hall–Kier alpha value is -3.15. The Morgan fingerprint density at radius 1 is 0.862 bits per heavy atom. The van der Waals surface area contributed by atoms with Gasteiger partial charge in [0, 0.05) is 30.8 Å². The van der Waals surface area contributed by atoms with Crippen molar-refractivity contribution in [2.45, 2.75) is 39.0 Å². The van der Waals surface area contributed by atoms with Crippen LogP contribution in [0.2, 0.25) is 0 Å². The van der Waals surface area contributed by atoms with Gasteiger partial charge >= 0.3 is 0 Å². The van der Waals surface area contributed by atoms with Gasteiger partial charge in [0.05, 0.1) is 5.92 Å². The molecule has 6 nitrogen and oxygen atoms in total. The third-order valence-electron chi connectivity index (χ3n) is 4.54. The van der Waals surface area contributed by atoms with Crippen LogP contribution in [0.1, 0.15) is 54.9 Å². The summed E-state index contributed by atoms with van der Waals surface area (Å²) in [5.41, 5.74) is 2.15. The zero-order valence-electron chi connectivity index (χ0n) is 17.0. The highest BCUT2D eigenvalue weighted by molar-refractivity contribution is 5.95. The molecule has 3 N–H and O–H groups in total. The second-order valence-corrected chi connectivity index (χ2v) is 6.79. The lowest BCUT2D eigenvalue weighted by molar-refractivity contribution is -0.122. The summed E-state index contributed by atoms with van der Waals surface area (Å²) in [6.07, 6.45) is 1.97. The van der Waals surface area contributed by atoms with E-state index in [1.165, 1.54) is 0 Å². The number of hydrogen-bond donors (Lipinski definition) is 3. The minimum atomic E-state index is -0.221. The van der Waals surface area contributed by atoms with Gasteiger partial charge < -0.3 is 16.0 Å². The number of carbonyl (C=O) groups is 3. The predicted molar refractivity (Wildman–Crippen MR) is 115 cm³/mol. The second-order valence-electron chi connectivity index (χ2n) is 6.79. The van der Waals surface area contributed by atoms with E-state index in [2.05, 4.69) is 16.0 Å². The smallest absolute Gasteiger partial charge is 0.251 e. The number of carbonyl (C=O) groups excluding carboxylic acids is 3. The average molecular weight is 396 g/mol. The molecule has 0 aliphatic rings. The van der Waals surface area contributed by atoms with Crippen molar-refractivity contribution in [3.8, 4) is 0 Å². The molecule has 0 aromatic heterocycles. The van der Waals surface area contributed by atoms with Gasteiger partial charge in [0.15, 0.2) is 0 Å². The van der Waals surface area contributed by atoms with Crippen LogP contribution in [0.3, 0.4) is 0 Å². The monoisotopic (exact) mass is 395 g/mol. The third-order valence-corrected chi connectivity index (χ3v) is 4.54. The van der Waals surface area contributed by atoms with Gasteiger partial charge in [-0.2, -0.15) is 0 Å². The van der Waals surface area contributed by atoms with Crippen LogP contribution < -0.4 is 16.0 Å². The van der Waals surface area contributed by atoms with Crippen LogP contribution in [-0.2, 0) is 9.59 Å². The molecule has 0 aliphatic heterocycles. The van der Waals surface area contributed by atoms with Crippen LogP contribution >= 0.6 is 0 Å². The number of hydrogen-bond acceptors (Lipinski definition) is 3. The third kappa shape index (κ3) is 7.07. The van der Waals surface area contributed by atoms with Gasteiger partial charge in [0.25, 0.3) is 5.91 Å². The first-order valence-electron chi connectivity index (χ1n) is 10.1. The fourth-order valence-corrected chi connectivity index (χ4v) is 3.00. The lowest BCUT2D eigenvalue weighted by atomic mass is 9.96. The van der Waals surface area contributed by atoms with Crippen LogP contribution in [0.25, 0.3) is 0 Å². The summed E-state index contributed by atoms with van der Waals surface area (Å²) in [6, 6.07) is 16.4. The van der Waals surface area contributed by atoms with Crippen molar-refractivity contribution < 1.29 is 14.4 Å². The Morgan fingerprint density at radius 2 is 1.52 bits per heavy atom. The van der Waals surface area contributed by atoms with E-state index in [9.17, 15) is 14.4 Å². The molecule has 0 radical (unpaired) electrons.